The van der Waals surface area contributed by atoms with Crippen LogP contribution in [-0.2, 0) is 11.2 Å². The number of anilines is 1. The van der Waals surface area contributed by atoms with Crippen LogP contribution in [0, 0.1) is 6.92 Å². The van der Waals surface area contributed by atoms with Gasteiger partial charge in [0.1, 0.15) is 0 Å². The molecule has 0 aliphatic carbocycles. The molecule has 116 valence electrons. The zero-order chi connectivity index (χ0) is 16.1. The first-order chi connectivity index (χ1) is 11.2. The molecule has 3 rings (SSSR count). The van der Waals surface area contributed by atoms with Gasteiger partial charge in [0.25, 0.3) is 0 Å². The highest BCUT2D eigenvalue weighted by Gasteiger charge is 2.05. The predicted octanol–water partition coefficient (Wildman–Crippen LogP) is 4.76. The second-order valence-electron chi connectivity index (χ2n) is 5.13. The van der Waals surface area contributed by atoms with Gasteiger partial charge in [-0.15, -0.1) is 22.7 Å². The van der Waals surface area contributed by atoms with Gasteiger partial charge in [-0.1, -0.05) is 35.9 Å². The van der Waals surface area contributed by atoms with Gasteiger partial charge in [-0.25, -0.2) is 4.98 Å². The minimum absolute atomic E-state index is 0.158. The predicted molar refractivity (Wildman–Crippen MR) is 98.1 cm³/mol. The maximum Gasteiger partial charge on any atom is 0.250 e. The van der Waals surface area contributed by atoms with Crippen LogP contribution in [0.4, 0.5) is 5.13 Å². The fourth-order valence-electron chi connectivity index (χ4n) is 2.05. The molecule has 1 amide bonds. The molecule has 0 atom stereocenters. The second kappa shape index (κ2) is 7.35. The van der Waals surface area contributed by atoms with Crippen molar-refractivity contribution in [2.45, 2.75) is 13.3 Å². The lowest BCUT2D eigenvalue weighted by atomic mass is 10.1. The van der Waals surface area contributed by atoms with E-state index in [0.717, 1.165) is 16.2 Å². The number of nitrogens with one attached hydrogen (secondary N) is 1. The minimum Gasteiger partial charge on any atom is -0.298 e. The van der Waals surface area contributed by atoms with E-state index in [1.165, 1.54) is 28.5 Å². The SMILES string of the molecule is Cc1ccc(Cc2cnc(NC(=O)C=Cc3cccs3)s2)cc1. The molecular weight excluding hydrogens is 324 g/mol. The van der Waals surface area contributed by atoms with Gasteiger partial charge in [-0.05, 0) is 30.0 Å². The number of carbonyl (C=O) groups excluding carboxylic acids is 1. The Hall–Kier alpha value is -2.24. The van der Waals surface area contributed by atoms with Crippen LogP contribution in [0.25, 0.3) is 6.08 Å². The number of nitrogens with zero attached hydrogens (tertiary/aromatic N) is 1. The summed E-state index contributed by atoms with van der Waals surface area (Å²) < 4.78 is 0. The molecule has 2 heterocycles. The van der Waals surface area contributed by atoms with Gasteiger partial charge in [0.05, 0.1) is 0 Å². The van der Waals surface area contributed by atoms with Gasteiger partial charge in [-0.3, -0.25) is 10.1 Å². The number of hydrogen-bond acceptors (Lipinski definition) is 4. The summed E-state index contributed by atoms with van der Waals surface area (Å²) in [6.45, 7) is 2.08. The fourth-order valence-corrected chi connectivity index (χ4v) is 3.51. The van der Waals surface area contributed by atoms with Crippen molar-refractivity contribution in [1.82, 2.24) is 4.98 Å². The summed E-state index contributed by atoms with van der Waals surface area (Å²) >= 11 is 3.11. The van der Waals surface area contributed by atoms with Crippen LogP contribution in [0.3, 0.4) is 0 Å². The lowest BCUT2D eigenvalue weighted by molar-refractivity contribution is -0.111. The zero-order valence-corrected chi connectivity index (χ0v) is 14.3. The van der Waals surface area contributed by atoms with E-state index < -0.39 is 0 Å². The summed E-state index contributed by atoms with van der Waals surface area (Å²) in [4.78, 5) is 18.3. The quantitative estimate of drug-likeness (QED) is 0.681. The number of benzene rings is 1. The number of rotatable bonds is 5. The Balaban J connectivity index is 1.58. The molecule has 0 saturated carbocycles. The van der Waals surface area contributed by atoms with Gasteiger partial charge in [0.2, 0.25) is 5.91 Å². The van der Waals surface area contributed by atoms with E-state index in [1.807, 2.05) is 23.7 Å². The third-order valence-corrected chi connectivity index (χ3v) is 4.98. The molecule has 23 heavy (non-hydrogen) atoms. The summed E-state index contributed by atoms with van der Waals surface area (Å²) in [5.74, 6) is -0.158. The van der Waals surface area contributed by atoms with Gasteiger partial charge in [0, 0.05) is 28.4 Å². The number of carbonyl (C=O) groups is 1. The third kappa shape index (κ3) is 4.61. The number of amides is 1. The first-order valence-electron chi connectivity index (χ1n) is 7.22. The Morgan fingerprint density at radius 3 is 2.83 bits per heavy atom. The first kappa shape index (κ1) is 15.6. The summed E-state index contributed by atoms with van der Waals surface area (Å²) in [7, 11) is 0. The van der Waals surface area contributed by atoms with E-state index in [9.17, 15) is 4.79 Å². The van der Waals surface area contributed by atoms with Gasteiger partial charge >= 0.3 is 0 Å². The van der Waals surface area contributed by atoms with Crippen LogP contribution < -0.4 is 5.32 Å². The van der Waals surface area contributed by atoms with Crippen LogP contribution >= 0.6 is 22.7 Å². The van der Waals surface area contributed by atoms with Crippen LogP contribution in [0.15, 0.2) is 54.1 Å². The van der Waals surface area contributed by atoms with Crippen molar-refractivity contribution in [3.05, 3.63) is 74.9 Å². The number of aromatic nitrogens is 1. The van der Waals surface area contributed by atoms with E-state index >= 15 is 0 Å². The van der Waals surface area contributed by atoms with Crippen molar-refractivity contribution < 1.29 is 4.79 Å². The molecule has 0 radical (unpaired) electrons. The molecule has 0 aliphatic rings. The topological polar surface area (TPSA) is 42.0 Å². The largest absolute Gasteiger partial charge is 0.298 e. The summed E-state index contributed by atoms with van der Waals surface area (Å²) in [6, 6.07) is 12.4. The molecule has 0 aliphatic heterocycles. The molecule has 5 heteroatoms. The van der Waals surface area contributed by atoms with Crippen molar-refractivity contribution in [3.8, 4) is 0 Å². The van der Waals surface area contributed by atoms with Crippen LogP contribution in [0.2, 0.25) is 0 Å². The Kier molecular flexibility index (Phi) is 5.00. The van der Waals surface area contributed by atoms with Gasteiger partial charge < -0.3 is 0 Å². The molecule has 0 bridgehead atoms. The summed E-state index contributed by atoms with van der Waals surface area (Å²) in [5, 5.41) is 5.42. The van der Waals surface area contributed by atoms with Gasteiger partial charge in [-0.2, -0.15) is 0 Å². The Bertz CT molecular complexity index is 802. The Morgan fingerprint density at radius 1 is 1.26 bits per heavy atom. The lowest BCUT2D eigenvalue weighted by Crippen LogP contribution is -2.06. The molecule has 3 aromatic rings. The second-order valence-corrected chi connectivity index (χ2v) is 7.23. The van der Waals surface area contributed by atoms with E-state index in [2.05, 4.69) is 41.5 Å². The fraction of sp³-hybridized carbons (Fsp3) is 0.111. The molecule has 1 N–H and O–H groups in total. The standard InChI is InChI=1S/C18H16N2OS2/c1-13-4-6-14(7-5-13)11-16-12-19-18(23-16)20-17(21)9-8-15-3-2-10-22-15/h2-10,12H,11H2,1H3,(H,19,20,21). The zero-order valence-electron chi connectivity index (χ0n) is 12.7. The van der Waals surface area contributed by atoms with Crippen LogP contribution in [0.1, 0.15) is 20.9 Å². The van der Waals surface area contributed by atoms with Crippen molar-refractivity contribution in [3.63, 3.8) is 0 Å². The van der Waals surface area contributed by atoms with E-state index in [1.54, 1.807) is 17.4 Å². The molecule has 0 saturated heterocycles. The molecule has 0 fully saturated rings. The highest BCUT2D eigenvalue weighted by molar-refractivity contribution is 7.15. The molecule has 0 unspecified atom stereocenters. The van der Waals surface area contributed by atoms with E-state index in [0.29, 0.717) is 5.13 Å². The van der Waals surface area contributed by atoms with Crippen LogP contribution in [-0.4, -0.2) is 10.9 Å². The van der Waals surface area contributed by atoms with Gasteiger partial charge in [0.15, 0.2) is 5.13 Å². The number of thiazole rings is 1. The molecular formula is C18H16N2OS2. The molecule has 1 aromatic carbocycles. The molecule has 0 spiro atoms. The van der Waals surface area contributed by atoms with E-state index in [4.69, 9.17) is 0 Å². The number of thiophene rings is 1. The van der Waals surface area contributed by atoms with E-state index in [-0.39, 0.29) is 5.91 Å². The normalized spacial score (nSPS) is 11.0. The van der Waals surface area contributed by atoms with Crippen molar-refractivity contribution in [2.75, 3.05) is 5.32 Å². The third-order valence-electron chi connectivity index (χ3n) is 3.22. The average molecular weight is 340 g/mol. The molecule has 2 aromatic heterocycles. The Labute approximate surface area is 143 Å². The smallest absolute Gasteiger partial charge is 0.250 e. The monoisotopic (exact) mass is 340 g/mol. The number of aryl methyl sites for hydroxylation is 1. The minimum atomic E-state index is -0.158. The van der Waals surface area contributed by atoms with Crippen molar-refractivity contribution in [1.29, 1.82) is 0 Å². The lowest BCUT2D eigenvalue weighted by Gasteiger charge is -1.99. The Morgan fingerprint density at radius 2 is 2.09 bits per heavy atom. The maximum absolute atomic E-state index is 11.9. The highest BCUT2D eigenvalue weighted by Crippen LogP contribution is 2.21. The first-order valence-corrected chi connectivity index (χ1v) is 8.91. The summed E-state index contributed by atoms with van der Waals surface area (Å²) in [6.07, 6.45) is 6.00. The highest BCUT2D eigenvalue weighted by atomic mass is 32.1. The molecule has 3 nitrogen and oxygen atoms in total. The van der Waals surface area contributed by atoms with Crippen LogP contribution in [0.5, 0.6) is 0 Å². The maximum atomic E-state index is 11.9. The number of hydrogen-bond donors (Lipinski definition) is 1. The van der Waals surface area contributed by atoms with Crippen molar-refractivity contribution >= 4 is 39.8 Å². The summed E-state index contributed by atoms with van der Waals surface area (Å²) in [5.41, 5.74) is 2.50. The average Bonchev–Trinajstić information content (AvgIpc) is 3.20. The van der Waals surface area contributed by atoms with Crippen molar-refractivity contribution in [2.24, 2.45) is 0 Å².